The lowest BCUT2D eigenvalue weighted by Crippen LogP contribution is -2.25. The fourth-order valence-electron chi connectivity index (χ4n) is 3.98. The van der Waals surface area contributed by atoms with Gasteiger partial charge in [0.15, 0.2) is 5.43 Å². The molecular weight excluding hydrogens is 490 g/mol. The monoisotopic (exact) mass is 509 g/mol. The molecule has 0 atom stereocenters. The lowest BCUT2D eigenvalue weighted by atomic mass is 10.1. The summed E-state index contributed by atoms with van der Waals surface area (Å²) in [6.07, 6.45) is 1.49. The molecule has 182 valence electrons. The molecule has 0 unspecified atom stereocenters. The Balaban J connectivity index is 1.26. The van der Waals surface area contributed by atoms with Crippen molar-refractivity contribution in [1.82, 2.24) is 9.99 Å². The molecule has 0 aliphatic heterocycles. The van der Waals surface area contributed by atoms with Gasteiger partial charge in [0.05, 0.1) is 22.8 Å². The van der Waals surface area contributed by atoms with Crippen molar-refractivity contribution in [2.45, 2.75) is 6.54 Å². The smallest absolute Gasteiger partial charge is 0.343 e. The van der Waals surface area contributed by atoms with Crippen LogP contribution in [-0.2, 0) is 11.3 Å². The van der Waals surface area contributed by atoms with E-state index in [2.05, 4.69) is 10.5 Å². The Morgan fingerprint density at radius 2 is 1.43 bits per heavy atom. The summed E-state index contributed by atoms with van der Waals surface area (Å²) in [5.74, 6) is -0.463. The Labute approximate surface area is 216 Å². The first-order chi connectivity index (χ1) is 18.0. The average molecular weight is 510 g/mol. The molecule has 0 bridgehead atoms. The number of carbonyl (C=O) groups excluding carboxylic acids is 2. The molecule has 5 rings (SSSR count). The van der Waals surface area contributed by atoms with E-state index in [0.29, 0.717) is 43.7 Å². The number of halogens is 1. The van der Waals surface area contributed by atoms with Crippen LogP contribution in [-0.4, -0.2) is 22.7 Å². The van der Waals surface area contributed by atoms with Crippen LogP contribution in [0.1, 0.15) is 15.9 Å². The number of pyridine rings is 1. The van der Waals surface area contributed by atoms with Gasteiger partial charge in [0.25, 0.3) is 5.91 Å². The number of carbonyl (C=O) groups is 2. The van der Waals surface area contributed by atoms with E-state index < -0.39 is 5.97 Å². The van der Waals surface area contributed by atoms with E-state index in [4.69, 9.17) is 16.3 Å². The molecule has 8 heteroatoms. The molecule has 0 saturated carbocycles. The Hall–Kier alpha value is -4.75. The van der Waals surface area contributed by atoms with Gasteiger partial charge in [-0.15, -0.1) is 0 Å². The van der Waals surface area contributed by atoms with E-state index in [-0.39, 0.29) is 17.9 Å². The van der Waals surface area contributed by atoms with Crippen molar-refractivity contribution < 1.29 is 14.3 Å². The number of amides is 1. The second kappa shape index (κ2) is 10.5. The molecule has 0 aliphatic carbocycles. The first-order valence-corrected chi connectivity index (χ1v) is 11.8. The molecule has 1 heterocycles. The van der Waals surface area contributed by atoms with Gasteiger partial charge in [0, 0.05) is 15.8 Å². The molecule has 7 nitrogen and oxygen atoms in total. The highest BCUT2D eigenvalue weighted by atomic mass is 35.5. The van der Waals surface area contributed by atoms with Gasteiger partial charge in [-0.2, -0.15) is 5.10 Å². The van der Waals surface area contributed by atoms with E-state index >= 15 is 0 Å². The lowest BCUT2D eigenvalue weighted by molar-refractivity contribution is -0.121. The quantitative estimate of drug-likeness (QED) is 0.112. The lowest BCUT2D eigenvalue weighted by Gasteiger charge is -2.14. The van der Waals surface area contributed by atoms with Gasteiger partial charge in [0.1, 0.15) is 12.3 Å². The summed E-state index contributed by atoms with van der Waals surface area (Å²) in [5.41, 5.74) is 4.91. The normalized spacial score (nSPS) is 11.2. The number of nitrogens with zero attached hydrogens (tertiary/aromatic N) is 2. The molecule has 1 amide bonds. The fraction of sp³-hybridized carbons (Fsp3) is 0.0345. The third kappa shape index (κ3) is 5.27. The molecule has 0 fully saturated rings. The highest BCUT2D eigenvalue weighted by Gasteiger charge is 2.12. The fourth-order valence-corrected chi connectivity index (χ4v) is 4.10. The van der Waals surface area contributed by atoms with Crippen LogP contribution in [0.25, 0.3) is 21.8 Å². The summed E-state index contributed by atoms with van der Waals surface area (Å²) >= 11 is 5.84. The first-order valence-electron chi connectivity index (χ1n) is 11.4. The van der Waals surface area contributed by atoms with E-state index in [1.165, 1.54) is 6.21 Å². The number of fused-ring (bicyclic) bond motifs is 2. The van der Waals surface area contributed by atoms with Crippen molar-refractivity contribution in [2.75, 3.05) is 0 Å². The number of hydrazone groups is 1. The van der Waals surface area contributed by atoms with Crippen molar-refractivity contribution in [3.8, 4) is 5.75 Å². The highest BCUT2D eigenvalue weighted by molar-refractivity contribution is 6.30. The van der Waals surface area contributed by atoms with Gasteiger partial charge in [-0.3, -0.25) is 9.59 Å². The zero-order valence-electron chi connectivity index (χ0n) is 19.4. The number of ether oxygens (including phenoxy) is 1. The number of hydrogen-bond acceptors (Lipinski definition) is 5. The van der Waals surface area contributed by atoms with Crippen molar-refractivity contribution in [2.24, 2.45) is 5.10 Å². The molecule has 1 N–H and O–H groups in total. The number of para-hydroxylation sites is 2. The molecule has 0 saturated heterocycles. The summed E-state index contributed by atoms with van der Waals surface area (Å²) in [7, 11) is 0. The average Bonchev–Trinajstić information content (AvgIpc) is 2.92. The van der Waals surface area contributed by atoms with Crippen LogP contribution in [0.15, 0.2) is 107 Å². The van der Waals surface area contributed by atoms with Gasteiger partial charge in [-0.05, 0) is 78.4 Å². The maximum atomic E-state index is 12.9. The topological polar surface area (TPSA) is 89.8 Å². The van der Waals surface area contributed by atoms with Crippen LogP contribution in [0.2, 0.25) is 5.02 Å². The van der Waals surface area contributed by atoms with E-state index in [0.717, 1.165) is 0 Å². The largest absolute Gasteiger partial charge is 0.423 e. The van der Waals surface area contributed by atoms with Crippen molar-refractivity contribution in [3.05, 3.63) is 123 Å². The summed E-state index contributed by atoms with van der Waals surface area (Å²) in [5, 5.41) is 5.68. The molecule has 5 aromatic rings. The van der Waals surface area contributed by atoms with E-state index in [9.17, 15) is 14.4 Å². The van der Waals surface area contributed by atoms with Crippen molar-refractivity contribution in [1.29, 1.82) is 0 Å². The number of hydrogen-bond donors (Lipinski definition) is 1. The molecular formula is C29H20ClN3O4. The van der Waals surface area contributed by atoms with Crippen LogP contribution in [0.4, 0.5) is 0 Å². The maximum absolute atomic E-state index is 12.9. The van der Waals surface area contributed by atoms with Gasteiger partial charge in [-0.25, -0.2) is 10.2 Å². The minimum Gasteiger partial charge on any atom is -0.423 e. The molecule has 0 spiro atoms. The molecule has 1 aromatic heterocycles. The number of benzene rings is 4. The van der Waals surface area contributed by atoms with Gasteiger partial charge in [-0.1, -0.05) is 35.9 Å². The summed E-state index contributed by atoms with van der Waals surface area (Å²) in [6.45, 7) is -0.0156. The second-order valence-corrected chi connectivity index (χ2v) is 8.64. The predicted molar refractivity (Wildman–Crippen MR) is 144 cm³/mol. The van der Waals surface area contributed by atoms with Crippen molar-refractivity contribution in [3.63, 3.8) is 0 Å². The van der Waals surface area contributed by atoms with E-state index in [1.807, 2.05) is 24.3 Å². The Morgan fingerprint density at radius 1 is 0.838 bits per heavy atom. The van der Waals surface area contributed by atoms with Gasteiger partial charge in [0.2, 0.25) is 0 Å². The second-order valence-electron chi connectivity index (χ2n) is 8.21. The Bertz CT molecular complexity index is 1650. The van der Waals surface area contributed by atoms with E-state index in [1.54, 1.807) is 77.4 Å². The molecule has 4 aromatic carbocycles. The zero-order valence-corrected chi connectivity index (χ0v) is 20.2. The molecule has 37 heavy (non-hydrogen) atoms. The number of nitrogens with one attached hydrogen (secondary N) is 1. The number of esters is 1. The maximum Gasteiger partial charge on any atom is 0.343 e. The zero-order chi connectivity index (χ0) is 25.8. The Morgan fingerprint density at radius 3 is 2.05 bits per heavy atom. The van der Waals surface area contributed by atoms with Gasteiger partial charge < -0.3 is 9.30 Å². The minimum absolute atomic E-state index is 0.0156. The minimum atomic E-state index is -0.493. The summed E-state index contributed by atoms with van der Waals surface area (Å²) in [4.78, 5) is 37.8. The standard InChI is InChI=1S/C29H20ClN3O4/c30-21-13-11-20(12-14-21)29(36)37-22-15-9-19(10-16-22)17-31-32-27(34)18-33-25-7-3-1-5-23(25)28(35)24-6-2-4-8-26(24)33/h1-17H,18H2,(H,32,34)/b31-17-. The third-order valence-electron chi connectivity index (χ3n) is 5.75. The van der Waals surface area contributed by atoms with Crippen LogP contribution >= 0.6 is 11.6 Å². The summed E-state index contributed by atoms with van der Waals surface area (Å²) < 4.78 is 7.17. The number of rotatable bonds is 6. The SMILES string of the molecule is O=C(Cn1c2ccccc2c(=O)c2ccccc21)N/N=C\c1ccc(OC(=O)c2ccc(Cl)cc2)cc1. The molecule has 0 radical (unpaired) electrons. The first kappa shape index (κ1) is 24.0. The van der Waals surface area contributed by atoms with Crippen LogP contribution < -0.4 is 15.6 Å². The summed E-state index contributed by atoms with van der Waals surface area (Å²) in [6, 6.07) is 27.5. The Kier molecular flexibility index (Phi) is 6.78. The number of aromatic nitrogens is 1. The highest BCUT2D eigenvalue weighted by Crippen LogP contribution is 2.19. The molecule has 0 aliphatic rings. The van der Waals surface area contributed by atoms with Crippen molar-refractivity contribution >= 4 is 51.5 Å². The van der Waals surface area contributed by atoms with Crippen LogP contribution in [0.3, 0.4) is 0 Å². The van der Waals surface area contributed by atoms with Crippen LogP contribution in [0, 0.1) is 0 Å². The third-order valence-corrected chi connectivity index (χ3v) is 6.01. The van der Waals surface area contributed by atoms with Gasteiger partial charge >= 0.3 is 5.97 Å². The van der Waals surface area contributed by atoms with Crippen LogP contribution in [0.5, 0.6) is 5.75 Å². The predicted octanol–water partition coefficient (Wildman–Crippen LogP) is 5.18.